The fourth-order valence-electron chi connectivity index (χ4n) is 2.91. The third-order valence-corrected chi connectivity index (χ3v) is 5.12. The van der Waals surface area contributed by atoms with Crippen molar-refractivity contribution in [2.24, 2.45) is 0 Å². The Bertz CT molecular complexity index is 668. The number of rotatable bonds is 3. The van der Waals surface area contributed by atoms with Crippen LogP contribution in [0.4, 0.5) is 5.82 Å². The molecule has 0 saturated carbocycles. The molecule has 1 aliphatic rings. The van der Waals surface area contributed by atoms with E-state index in [1.165, 1.54) is 10.4 Å². The first kappa shape index (κ1) is 13.3. The minimum Gasteiger partial charge on any atom is -0.481 e. The first-order chi connectivity index (χ1) is 9.58. The van der Waals surface area contributed by atoms with Crippen LogP contribution >= 0.6 is 11.3 Å². The summed E-state index contributed by atoms with van der Waals surface area (Å²) in [5.41, 5.74) is 1.21. The van der Waals surface area contributed by atoms with Crippen LogP contribution in [0, 0.1) is 13.8 Å². The molecule has 0 aliphatic carbocycles. The number of carboxylic acid groups (broad SMARTS) is 1. The molecule has 20 heavy (non-hydrogen) atoms. The van der Waals surface area contributed by atoms with Crippen LogP contribution in [0.1, 0.15) is 29.7 Å². The van der Waals surface area contributed by atoms with Crippen LogP contribution in [0.5, 0.6) is 0 Å². The van der Waals surface area contributed by atoms with E-state index in [9.17, 15) is 4.79 Å². The number of fused-ring (bicyclic) bond motifs is 1. The van der Waals surface area contributed by atoms with E-state index in [2.05, 4.69) is 28.7 Å². The largest absolute Gasteiger partial charge is 0.481 e. The molecule has 5 nitrogen and oxygen atoms in total. The lowest BCUT2D eigenvalue weighted by atomic mass is 10.1. The maximum atomic E-state index is 11.0. The Morgan fingerprint density at radius 2 is 2.30 bits per heavy atom. The van der Waals surface area contributed by atoms with E-state index >= 15 is 0 Å². The quantitative estimate of drug-likeness (QED) is 0.942. The van der Waals surface area contributed by atoms with Crippen molar-refractivity contribution in [1.82, 2.24) is 9.97 Å². The number of hydrogen-bond acceptors (Lipinski definition) is 5. The van der Waals surface area contributed by atoms with E-state index < -0.39 is 5.97 Å². The summed E-state index contributed by atoms with van der Waals surface area (Å²) in [7, 11) is 0. The molecule has 3 heterocycles. The lowest BCUT2D eigenvalue weighted by molar-refractivity contribution is -0.137. The molecule has 1 saturated heterocycles. The van der Waals surface area contributed by atoms with E-state index in [-0.39, 0.29) is 12.5 Å². The molecule has 3 rings (SSSR count). The second kappa shape index (κ2) is 5.01. The van der Waals surface area contributed by atoms with Crippen LogP contribution in [0.25, 0.3) is 10.2 Å². The van der Waals surface area contributed by atoms with Crippen molar-refractivity contribution in [2.75, 3.05) is 11.4 Å². The fraction of sp³-hybridized carbons (Fsp3) is 0.500. The van der Waals surface area contributed by atoms with Gasteiger partial charge in [0.25, 0.3) is 0 Å². The van der Waals surface area contributed by atoms with E-state index in [0.717, 1.165) is 35.4 Å². The molecule has 6 heteroatoms. The van der Waals surface area contributed by atoms with Crippen molar-refractivity contribution >= 4 is 33.3 Å². The predicted molar refractivity (Wildman–Crippen MR) is 79.5 cm³/mol. The average Bonchev–Trinajstić information content (AvgIpc) is 2.95. The highest BCUT2D eigenvalue weighted by Gasteiger charge is 2.29. The van der Waals surface area contributed by atoms with Gasteiger partial charge >= 0.3 is 5.97 Å². The number of thiophene rings is 1. The molecule has 1 aliphatic heterocycles. The van der Waals surface area contributed by atoms with Gasteiger partial charge in [-0.25, -0.2) is 9.97 Å². The van der Waals surface area contributed by atoms with Gasteiger partial charge in [-0.2, -0.15) is 0 Å². The monoisotopic (exact) mass is 291 g/mol. The SMILES string of the molecule is Cc1sc2ncnc(N3CCCC3CC(=O)O)c2c1C. The molecule has 1 fully saturated rings. The molecule has 0 amide bonds. The van der Waals surface area contributed by atoms with Gasteiger partial charge in [0.1, 0.15) is 17.0 Å². The minimum atomic E-state index is -0.745. The average molecular weight is 291 g/mol. The normalized spacial score (nSPS) is 18.9. The second-order valence-electron chi connectivity index (χ2n) is 5.25. The summed E-state index contributed by atoms with van der Waals surface area (Å²) in [5.74, 6) is 0.158. The Hall–Kier alpha value is -1.69. The molecule has 106 valence electrons. The van der Waals surface area contributed by atoms with E-state index in [0.29, 0.717) is 0 Å². The maximum Gasteiger partial charge on any atom is 0.305 e. The summed E-state index contributed by atoms with van der Waals surface area (Å²) in [4.78, 5) is 24.2. The topological polar surface area (TPSA) is 66.3 Å². The molecule has 1 atom stereocenters. The molecule has 1 unspecified atom stereocenters. The molecule has 2 aromatic rings. The van der Waals surface area contributed by atoms with Crippen molar-refractivity contribution in [1.29, 1.82) is 0 Å². The van der Waals surface area contributed by atoms with Crippen LogP contribution in [0.3, 0.4) is 0 Å². The fourth-order valence-corrected chi connectivity index (χ4v) is 3.90. The predicted octanol–water partition coefficient (Wildman–Crippen LogP) is 2.75. The number of aromatic nitrogens is 2. The zero-order chi connectivity index (χ0) is 14.3. The number of anilines is 1. The summed E-state index contributed by atoms with van der Waals surface area (Å²) < 4.78 is 0. The van der Waals surface area contributed by atoms with Crippen LogP contribution in [-0.2, 0) is 4.79 Å². The Balaban J connectivity index is 2.07. The van der Waals surface area contributed by atoms with Crippen LogP contribution in [0.2, 0.25) is 0 Å². The van der Waals surface area contributed by atoms with Crippen LogP contribution in [-0.4, -0.2) is 33.6 Å². The number of carboxylic acids is 1. The number of carbonyl (C=O) groups is 1. The highest BCUT2D eigenvalue weighted by Crippen LogP contribution is 2.37. The molecule has 0 bridgehead atoms. The lowest BCUT2D eigenvalue weighted by Gasteiger charge is -2.25. The molecular weight excluding hydrogens is 274 g/mol. The summed E-state index contributed by atoms with van der Waals surface area (Å²) in [6.45, 7) is 5.05. The molecule has 0 spiro atoms. The Labute approximate surface area is 121 Å². The second-order valence-corrected chi connectivity index (χ2v) is 6.45. The van der Waals surface area contributed by atoms with Gasteiger partial charge in [-0.3, -0.25) is 4.79 Å². The summed E-state index contributed by atoms with van der Waals surface area (Å²) in [5, 5.41) is 10.1. The summed E-state index contributed by atoms with van der Waals surface area (Å²) in [6, 6.07) is 0.0465. The van der Waals surface area contributed by atoms with Crippen molar-refractivity contribution in [3.8, 4) is 0 Å². The number of nitrogens with zero attached hydrogens (tertiary/aromatic N) is 3. The van der Waals surface area contributed by atoms with Crippen LogP contribution < -0.4 is 4.90 Å². The molecule has 1 N–H and O–H groups in total. The van der Waals surface area contributed by atoms with Crippen molar-refractivity contribution < 1.29 is 9.90 Å². The first-order valence-corrected chi connectivity index (χ1v) is 7.58. The smallest absolute Gasteiger partial charge is 0.305 e. The van der Waals surface area contributed by atoms with Gasteiger partial charge in [-0.05, 0) is 32.3 Å². The Morgan fingerprint density at radius 1 is 1.50 bits per heavy atom. The number of hydrogen-bond donors (Lipinski definition) is 1. The summed E-state index contributed by atoms with van der Waals surface area (Å²) >= 11 is 1.67. The van der Waals surface area contributed by atoms with Gasteiger partial charge in [0.05, 0.1) is 11.8 Å². The third kappa shape index (κ3) is 2.14. The molecular formula is C14H17N3O2S. The number of aryl methyl sites for hydroxylation is 2. The van der Waals surface area contributed by atoms with E-state index in [1.54, 1.807) is 17.7 Å². The Kier molecular flexibility index (Phi) is 3.33. The zero-order valence-corrected chi connectivity index (χ0v) is 12.4. The number of aliphatic carboxylic acids is 1. The molecule has 2 aromatic heterocycles. The Morgan fingerprint density at radius 3 is 3.05 bits per heavy atom. The highest BCUT2D eigenvalue weighted by atomic mass is 32.1. The minimum absolute atomic E-state index is 0.0465. The maximum absolute atomic E-state index is 11.0. The van der Waals surface area contributed by atoms with Crippen LogP contribution in [0.15, 0.2) is 6.33 Å². The first-order valence-electron chi connectivity index (χ1n) is 6.77. The van der Waals surface area contributed by atoms with Gasteiger partial charge in [-0.15, -0.1) is 11.3 Å². The third-order valence-electron chi connectivity index (χ3n) is 4.00. The van der Waals surface area contributed by atoms with Gasteiger partial charge in [-0.1, -0.05) is 0 Å². The van der Waals surface area contributed by atoms with E-state index in [1.807, 2.05) is 0 Å². The lowest BCUT2D eigenvalue weighted by Crippen LogP contribution is -2.32. The zero-order valence-electron chi connectivity index (χ0n) is 11.6. The van der Waals surface area contributed by atoms with Gasteiger partial charge < -0.3 is 10.0 Å². The summed E-state index contributed by atoms with van der Waals surface area (Å²) in [6.07, 6.45) is 3.70. The highest BCUT2D eigenvalue weighted by molar-refractivity contribution is 7.18. The van der Waals surface area contributed by atoms with E-state index in [4.69, 9.17) is 5.11 Å². The van der Waals surface area contributed by atoms with Gasteiger partial charge in [0, 0.05) is 17.5 Å². The molecule has 0 radical (unpaired) electrons. The van der Waals surface area contributed by atoms with Crippen molar-refractivity contribution in [2.45, 2.75) is 39.2 Å². The van der Waals surface area contributed by atoms with Crippen molar-refractivity contribution in [3.63, 3.8) is 0 Å². The standard InChI is InChI=1S/C14H17N3O2S/c1-8-9(2)20-14-12(8)13(15-7-16-14)17-5-3-4-10(17)6-11(18)19/h7,10H,3-6H2,1-2H3,(H,18,19). The van der Waals surface area contributed by atoms with Gasteiger partial charge in [0.2, 0.25) is 0 Å². The molecule has 0 aromatic carbocycles. The van der Waals surface area contributed by atoms with Crippen molar-refractivity contribution in [3.05, 3.63) is 16.8 Å². The van der Waals surface area contributed by atoms with Gasteiger partial charge in [0.15, 0.2) is 0 Å².